The van der Waals surface area contributed by atoms with Crippen molar-refractivity contribution in [2.45, 2.75) is 43.1 Å². The third-order valence-electron chi connectivity index (χ3n) is 8.51. The number of ether oxygens (including phenoxy) is 3. The maximum absolute atomic E-state index is 12.7. The van der Waals surface area contributed by atoms with Crippen LogP contribution >= 0.6 is 0 Å². The molecule has 0 amide bonds. The molecule has 4 aromatic rings. The van der Waals surface area contributed by atoms with Gasteiger partial charge in [-0.05, 0) is 17.5 Å². The number of hydrogen-bond acceptors (Lipinski definition) is 12. The van der Waals surface area contributed by atoms with Gasteiger partial charge in [-0.25, -0.2) is 9.78 Å². The lowest BCUT2D eigenvalue weighted by Crippen LogP contribution is -2.36. The zero-order chi connectivity index (χ0) is 34.0. The van der Waals surface area contributed by atoms with Gasteiger partial charge in [0, 0.05) is 25.6 Å². The largest absolute Gasteiger partial charge is 0.490 e. The molecule has 0 aliphatic carbocycles. The number of anilines is 2. The first-order valence-corrected chi connectivity index (χ1v) is 15.2. The van der Waals surface area contributed by atoms with E-state index in [0.29, 0.717) is 30.8 Å². The van der Waals surface area contributed by atoms with Crippen molar-refractivity contribution < 1.29 is 47.2 Å². The zero-order valence-electron chi connectivity index (χ0n) is 25.7. The van der Waals surface area contributed by atoms with E-state index in [0.717, 1.165) is 11.1 Å². The molecule has 5 atom stereocenters. The molecule has 48 heavy (non-hydrogen) atoms. The number of aliphatic hydroxyl groups is 2. The van der Waals surface area contributed by atoms with Crippen LogP contribution < -0.4 is 10.2 Å². The Bertz CT molecular complexity index is 1700. The molecule has 4 heterocycles. The Morgan fingerprint density at radius 2 is 1.71 bits per heavy atom. The number of carbonyl (C=O) groups excluding carboxylic acids is 2. The number of fused-ring (bicyclic) bond motifs is 1. The molecule has 13 nitrogen and oxygen atoms in total. The number of aliphatic hydroxyl groups excluding tert-OH is 2. The Morgan fingerprint density at radius 1 is 1.04 bits per heavy atom. The number of carbonyl (C=O) groups is 2. The van der Waals surface area contributed by atoms with E-state index < -0.39 is 49.2 Å². The van der Waals surface area contributed by atoms with Crippen molar-refractivity contribution in [2.75, 3.05) is 43.6 Å². The molecule has 6 rings (SSSR count). The highest BCUT2D eigenvalue weighted by atomic mass is 19.4. The second-order valence-corrected chi connectivity index (χ2v) is 11.5. The van der Waals surface area contributed by atoms with Crippen molar-refractivity contribution in [1.29, 1.82) is 0 Å². The number of alkyl halides is 3. The fourth-order valence-corrected chi connectivity index (χ4v) is 5.99. The monoisotopic (exact) mass is 670 g/mol. The van der Waals surface area contributed by atoms with Crippen LogP contribution in [0.3, 0.4) is 0 Å². The van der Waals surface area contributed by atoms with Gasteiger partial charge in [-0.15, -0.1) is 0 Å². The van der Waals surface area contributed by atoms with E-state index in [-0.39, 0.29) is 30.0 Å². The van der Waals surface area contributed by atoms with Gasteiger partial charge in [0.2, 0.25) is 5.95 Å². The standard InChI is InChI=1S/C32H33F3N6O7/c1-46-29(44)20-12-13-40(15-20)31-38-26(36-14-21(18-8-4-2-5-9-18)19-10-6-3-7-11-19)23-27(39-31)41(17-37-23)28-25(43)24(42)22(48-28)16-47-30(45)32(33,34)35/h2-11,17,20-22,24-25,28,42-43H,12-16H2,1H3,(H,36,38,39)/t20?,22-,24-,25-,28-/m1/s1. The topological polar surface area (TPSA) is 161 Å². The quantitative estimate of drug-likeness (QED) is 0.212. The number of methoxy groups -OCH3 is 1. The molecule has 2 fully saturated rings. The van der Waals surface area contributed by atoms with E-state index in [4.69, 9.17) is 19.4 Å². The maximum atomic E-state index is 12.7. The van der Waals surface area contributed by atoms with Gasteiger partial charge >= 0.3 is 18.1 Å². The zero-order valence-corrected chi connectivity index (χ0v) is 25.7. The van der Waals surface area contributed by atoms with Gasteiger partial charge in [0.05, 0.1) is 19.4 Å². The highest BCUT2D eigenvalue weighted by molar-refractivity contribution is 5.85. The van der Waals surface area contributed by atoms with Crippen molar-refractivity contribution in [3.8, 4) is 0 Å². The Kier molecular flexibility index (Phi) is 9.48. The number of halogens is 3. The van der Waals surface area contributed by atoms with Crippen LogP contribution in [-0.4, -0.2) is 99.5 Å². The number of aromatic nitrogens is 4. The first-order valence-electron chi connectivity index (χ1n) is 15.2. The van der Waals surface area contributed by atoms with Crippen LogP contribution in [0.2, 0.25) is 0 Å². The fraction of sp³-hybridized carbons (Fsp3) is 0.406. The molecule has 16 heteroatoms. The summed E-state index contributed by atoms with van der Waals surface area (Å²) in [7, 11) is 1.32. The Labute approximate surface area is 272 Å². The third kappa shape index (κ3) is 6.77. The summed E-state index contributed by atoms with van der Waals surface area (Å²) >= 11 is 0. The number of nitrogens with zero attached hydrogens (tertiary/aromatic N) is 5. The summed E-state index contributed by atoms with van der Waals surface area (Å²) in [5.74, 6) is -2.70. The van der Waals surface area contributed by atoms with Crippen LogP contribution in [0.25, 0.3) is 11.2 Å². The van der Waals surface area contributed by atoms with Crippen LogP contribution in [0.1, 0.15) is 29.7 Å². The van der Waals surface area contributed by atoms with E-state index in [2.05, 4.69) is 15.0 Å². The molecule has 2 aliphatic heterocycles. The SMILES string of the molecule is COC(=O)C1CCN(c2nc(NCC(c3ccccc3)c3ccccc3)c3ncn([C@@H]4O[C@H](COC(=O)C(F)(F)F)[C@@H](O)[C@H]4O)c3n2)C1. The molecule has 2 aromatic heterocycles. The number of benzene rings is 2. The molecule has 0 radical (unpaired) electrons. The van der Waals surface area contributed by atoms with Crippen LogP contribution in [0.15, 0.2) is 67.0 Å². The predicted octanol–water partition coefficient (Wildman–Crippen LogP) is 2.79. The lowest BCUT2D eigenvalue weighted by molar-refractivity contribution is -0.203. The van der Waals surface area contributed by atoms with E-state index in [1.807, 2.05) is 65.6 Å². The molecule has 2 aliphatic rings. The van der Waals surface area contributed by atoms with Gasteiger partial charge < -0.3 is 34.6 Å². The Morgan fingerprint density at radius 3 is 2.33 bits per heavy atom. The van der Waals surface area contributed by atoms with Crippen molar-refractivity contribution in [2.24, 2.45) is 5.92 Å². The van der Waals surface area contributed by atoms with E-state index in [9.17, 15) is 33.0 Å². The van der Waals surface area contributed by atoms with E-state index in [1.165, 1.54) is 18.0 Å². The molecule has 0 bridgehead atoms. The summed E-state index contributed by atoms with van der Waals surface area (Å²) in [5, 5.41) is 24.9. The molecular weight excluding hydrogens is 637 g/mol. The van der Waals surface area contributed by atoms with Crippen molar-refractivity contribution in [1.82, 2.24) is 19.5 Å². The van der Waals surface area contributed by atoms with Gasteiger partial charge in [0.15, 0.2) is 23.2 Å². The van der Waals surface area contributed by atoms with Crippen LogP contribution in [0.5, 0.6) is 0 Å². The summed E-state index contributed by atoms with van der Waals surface area (Å²) in [6.07, 6.45) is -9.56. The average molecular weight is 671 g/mol. The average Bonchev–Trinajstić information content (AvgIpc) is 3.82. The van der Waals surface area contributed by atoms with Gasteiger partial charge in [-0.2, -0.15) is 23.1 Å². The highest BCUT2D eigenvalue weighted by Gasteiger charge is 2.47. The molecule has 0 saturated carbocycles. The summed E-state index contributed by atoms with van der Waals surface area (Å²) in [6.45, 7) is 0.181. The molecule has 3 N–H and O–H groups in total. The van der Waals surface area contributed by atoms with Crippen molar-refractivity contribution in [3.63, 3.8) is 0 Å². The van der Waals surface area contributed by atoms with Gasteiger partial charge in [0.25, 0.3) is 0 Å². The second-order valence-electron chi connectivity index (χ2n) is 11.5. The van der Waals surface area contributed by atoms with Crippen LogP contribution in [0, 0.1) is 5.92 Å². The third-order valence-corrected chi connectivity index (χ3v) is 8.51. The number of hydrogen-bond donors (Lipinski definition) is 3. The van der Waals surface area contributed by atoms with Gasteiger partial charge in [-0.3, -0.25) is 9.36 Å². The summed E-state index contributed by atoms with van der Waals surface area (Å²) < 4.78 is 54.3. The smallest absolute Gasteiger partial charge is 0.469 e. The number of nitrogens with one attached hydrogen (secondary N) is 1. The normalized spacial score (nSPS) is 22.7. The lowest BCUT2D eigenvalue weighted by Gasteiger charge is -2.22. The maximum Gasteiger partial charge on any atom is 0.490 e. The molecule has 254 valence electrons. The fourth-order valence-electron chi connectivity index (χ4n) is 5.99. The number of rotatable bonds is 10. The molecule has 1 unspecified atom stereocenters. The Balaban J connectivity index is 1.33. The van der Waals surface area contributed by atoms with Crippen molar-refractivity contribution in [3.05, 3.63) is 78.1 Å². The minimum Gasteiger partial charge on any atom is -0.469 e. The second kappa shape index (κ2) is 13.7. The minimum absolute atomic E-state index is 0.0891. The van der Waals surface area contributed by atoms with Crippen LogP contribution in [-0.2, 0) is 23.8 Å². The summed E-state index contributed by atoms with van der Waals surface area (Å²) in [5.41, 5.74) is 2.59. The summed E-state index contributed by atoms with van der Waals surface area (Å²) in [6, 6.07) is 19.8. The first kappa shape index (κ1) is 33.1. The molecule has 2 aromatic carbocycles. The van der Waals surface area contributed by atoms with Crippen LogP contribution in [0.4, 0.5) is 24.9 Å². The van der Waals surface area contributed by atoms with Crippen molar-refractivity contribution >= 4 is 34.9 Å². The van der Waals surface area contributed by atoms with E-state index >= 15 is 0 Å². The first-order chi connectivity index (χ1) is 23.0. The van der Waals surface area contributed by atoms with E-state index in [1.54, 1.807) is 0 Å². The molecule has 2 saturated heterocycles. The summed E-state index contributed by atoms with van der Waals surface area (Å²) in [4.78, 5) is 39.3. The lowest BCUT2D eigenvalue weighted by atomic mass is 9.91. The highest BCUT2D eigenvalue weighted by Crippen LogP contribution is 2.35. The molecular formula is C32H33F3N6O7. The molecule has 0 spiro atoms. The number of imidazole rings is 1. The van der Waals surface area contributed by atoms with Gasteiger partial charge in [0.1, 0.15) is 24.9 Å². The number of esters is 2. The van der Waals surface area contributed by atoms with Gasteiger partial charge in [-0.1, -0.05) is 60.7 Å². The minimum atomic E-state index is -5.23. The Hall–Kier alpha value is -4.80. The predicted molar refractivity (Wildman–Crippen MR) is 164 cm³/mol.